The van der Waals surface area contributed by atoms with Crippen LogP contribution in [0.4, 0.5) is 19.0 Å². The molecule has 2 fully saturated rings. The van der Waals surface area contributed by atoms with Crippen molar-refractivity contribution in [2.75, 3.05) is 18.1 Å². The number of aliphatic hydroxyl groups is 1. The average molecular weight is 525 g/mol. The number of likely N-dealkylation sites (tertiary alicyclic amines) is 1. The van der Waals surface area contributed by atoms with Gasteiger partial charge in [0.15, 0.2) is 11.3 Å². The summed E-state index contributed by atoms with van der Waals surface area (Å²) in [6.07, 6.45) is -0.164. The summed E-state index contributed by atoms with van der Waals surface area (Å²) in [5.41, 5.74) is -0.137. The predicted octanol–water partition coefficient (Wildman–Crippen LogP) is 1.90. The lowest BCUT2D eigenvalue weighted by molar-refractivity contribution is 0.0722. The van der Waals surface area contributed by atoms with Gasteiger partial charge in [0.25, 0.3) is 5.91 Å². The van der Waals surface area contributed by atoms with Crippen LogP contribution < -0.4 is 5.32 Å². The van der Waals surface area contributed by atoms with Crippen molar-refractivity contribution in [3.8, 4) is 0 Å². The first-order valence-corrected chi connectivity index (χ1v) is 13.2. The molecule has 14 heteroatoms. The van der Waals surface area contributed by atoms with Crippen LogP contribution in [0.15, 0.2) is 24.5 Å². The lowest BCUT2D eigenvalue weighted by Gasteiger charge is -2.24. The number of amides is 1. The molecule has 10 nitrogen and oxygen atoms in total. The molecule has 3 heterocycles. The highest BCUT2D eigenvalue weighted by Gasteiger charge is 2.41. The van der Waals surface area contributed by atoms with Crippen molar-refractivity contribution in [2.24, 2.45) is 0 Å². The van der Waals surface area contributed by atoms with Gasteiger partial charge in [-0.15, -0.1) is 0 Å². The number of alkyl halides is 1. The maximum absolute atomic E-state index is 14.5. The fourth-order valence-corrected chi connectivity index (χ4v) is 6.09. The Morgan fingerprint density at radius 2 is 2.00 bits per heavy atom. The van der Waals surface area contributed by atoms with Gasteiger partial charge in [-0.25, -0.2) is 31.6 Å². The second-order valence-corrected chi connectivity index (χ2v) is 11.6. The van der Waals surface area contributed by atoms with Crippen molar-refractivity contribution >= 4 is 32.6 Å². The van der Waals surface area contributed by atoms with Gasteiger partial charge in [-0.3, -0.25) is 9.89 Å². The molecule has 1 saturated heterocycles. The standard InChI is InChI=1S/C22H23F3N6O4S/c1-36(34,35)12-6-15(17(32)7-12)28-20-18-19(29-30-21(18)27-9-26-20)22(33)31-8-11(24)5-16(31)13-4-10(23)2-3-14(13)25/h2-4,9,11-12,15-17,32H,5-8H2,1H3,(H2,26,27,28,29,30)/t11-,12+,15+,16+,17+/m0/s1. The van der Waals surface area contributed by atoms with E-state index >= 15 is 0 Å². The molecular weight excluding hydrogens is 501 g/mol. The number of fused-ring (bicyclic) bond motifs is 1. The lowest BCUT2D eigenvalue weighted by Crippen LogP contribution is -2.32. The Hall–Kier alpha value is -3.26. The zero-order valence-corrected chi connectivity index (χ0v) is 19.8. The molecule has 2 aromatic heterocycles. The van der Waals surface area contributed by atoms with Gasteiger partial charge in [0.2, 0.25) is 0 Å². The third-order valence-corrected chi connectivity index (χ3v) is 8.40. The molecule has 1 aliphatic carbocycles. The summed E-state index contributed by atoms with van der Waals surface area (Å²) in [5.74, 6) is -2.09. The van der Waals surface area contributed by atoms with Gasteiger partial charge >= 0.3 is 0 Å². The number of nitrogens with one attached hydrogen (secondary N) is 2. The van der Waals surface area contributed by atoms with E-state index in [4.69, 9.17) is 0 Å². The number of sulfone groups is 1. The summed E-state index contributed by atoms with van der Waals surface area (Å²) < 4.78 is 66.6. The molecule has 0 bridgehead atoms. The van der Waals surface area contributed by atoms with Crippen LogP contribution in [0.1, 0.15) is 41.4 Å². The summed E-state index contributed by atoms with van der Waals surface area (Å²) in [6, 6.07) is 1.08. The van der Waals surface area contributed by atoms with Crippen LogP contribution in [0.25, 0.3) is 11.0 Å². The second-order valence-electron chi connectivity index (χ2n) is 9.23. The fourth-order valence-electron chi connectivity index (χ4n) is 4.98. The highest BCUT2D eigenvalue weighted by atomic mass is 32.2. The largest absolute Gasteiger partial charge is 0.391 e. The van der Waals surface area contributed by atoms with Crippen molar-refractivity contribution in [1.82, 2.24) is 25.1 Å². The number of carbonyl (C=O) groups excluding carboxylic acids is 1. The molecule has 3 N–H and O–H groups in total. The van der Waals surface area contributed by atoms with Crippen LogP contribution >= 0.6 is 0 Å². The number of aliphatic hydroxyl groups excluding tert-OH is 1. The number of hydrogen-bond acceptors (Lipinski definition) is 8. The van der Waals surface area contributed by atoms with Crippen molar-refractivity contribution < 1.29 is 31.5 Å². The number of aromatic amines is 1. The molecule has 5 rings (SSSR count). The number of aromatic nitrogens is 4. The van der Waals surface area contributed by atoms with E-state index in [9.17, 15) is 31.5 Å². The molecule has 0 spiro atoms. The highest BCUT2D eigenvalue weighted by Crippen LogP contribution is 2.37. The first kappa shape index (κ1) is 24.4. The number of anilines is 1. The maximum Gasteiger partial charge on any atom is 0.275 e. The van der Waals surface area contributed by atoms with Gasteiger partial charge in [0, 0.05) is 18.2 Å². The Bertz CT molecular complexity index is 1430. The van der Waals surface area contributed by atoms with E-state index in [0.717, 1.165) is 29.4 Å². The number of hydrogen-bond donors (Lipinski definition) is 3. The highest BCUT2D eigenvalue weighted by molar-refractivity contribution is 7.91. The van der Waals surface area contributed by atoms with Gasteiger partial charge in [0.05, 0.1) is 35.4 Å². The smallest absolute Gasteiger partial charge is 0.275 e. The van der Waals surface area contributed by atoms with Crippen molar-refractivity contribution in [3.63, 3.8) is 0 Å². The van der Waals surface area contributed by atoms with E-state index in [1.165, 1.54) is 6.33 Å². The number of carbonyl (C=O) groups is 1. The van der Waals surface area contributed by atoms with Crippen LogP contribution in [0.5, 0.6) is 0 Å². The average Bonchev–Trinajstić information content (AvgIpc) is 3.52. The summed E-state index contributed by atoms with van der Waals surface area (Å²) >= 11 is 0. The zero-order valence-electron chi connectivity index (χ0n) is 19.0. The van der Waals surface area contributed by atoms with E-state index in [1.54, 1.807) is 0 Å². The molecule has 192 valence electrons. The first-order valence-electron chi connectivity index (χ1n) is 11.3. The van der Waals surface area contributed by atoms with E-state index in [0.29, 0.717) is 0 Å². The third kappa shape index (κ3) is 4.39. The van der Waals surface area contributed by atoms with Gasteiger partial charge in [-0.2, -0.15) is 5.10 Å². The monoisotopic (exact) mass is 524 g/mol. The second kappa shape index (κ2) is 9.00. The van der Waals surface area contributed by atoms with E-state index in [2.05, 4.69) is 25.5 Å². The van der Waals surface area contributed by atoms with Crippen molar-refractivity contribution in [3.05, 3.63) is 47.4 Å². The van der Waals surface area contributed by atoms with Crippen LogP contribution in [-0.4, -0.2) is 80.9 Å². The number of rotatable bonds is 5. The number of nitrogens with zero attached hydrogens (tertiary/aromatic N) is 4. The molecule has 0 radical (unpaired) electrons. The van der Waals surface area contributed by atoms with Gasteiger partial charge in [0.1, 0.15) is 39.8 Å². The minimum atomic E-state index is -3.37. The summed E-state index contributed by atoms with van der Waals surface area (Å²) in [7, 11) is -3.37. The molecule has 0 unspecified atom stereocenters. The Morgan fingerprint density at radius 3 is 2.72 bits per heavy atom. The maximum atomic E-state index is 14.5. The van der Waals surface area contributed by atoms with Crippen LogP contribution in [0.3, 0.4) is 0 Å². The number of H-pyrrole nitrogens is 1. The van der Waals surface area contributed by atoms with E-state index < -0.39 is 57.0 Å². The quantitative estimate of drug-likeness (QED) is 0.460. The Morgan fingerprint density at radius 1 is 1.22 bits per heavy atom. The zero-order chi connectivity index (χ0) is 25.8. The van der Waals surface area contributed by atoms with Gasteiger partial charge in [-0.05, 0) is 31.0 Å². The molecular formula is C22H23F3N6O4S. The van der Waals surface area contributed by atoms with Gasteiger partial charge in [-0.1, -0.05) is 0 Å². The molecule has 1 amide bonds. The molecule has 36 heavy (non-hydrogen) atoms. The third-order valence-electron chi connectivity index (χ3n) is 6.80. The van der Waals surface area contributed by atoms with Crippen molar-refractivity contribution in [1.29, 1.82) is 0 Å². The molecule has 5 atom stereocenters. The minimum absolute atomic E-state index is 0.0500. The summed E-state index contributed by atoms with van der Waals surface area (Å²) in [6.45, 7) is -0.346. The predicted molar refractivity (Wildman–Crippen MR) is 123 cm³/mol. The Kier molecular flexibility index (Phi) is 6.11. The normalized spacial score (nSPS) is 26.6. The fraction of sp³-hybridized carbons (Fsp3) is 0.455. The lowest BCUT2D eigenvalue weighted by atomic mass is 10.0. The summed E-state index contributed by atoms with van der Waals surface area (Å²) in [4.78, 5) is 22.8. The molecule has 1 aliphatic heterocycles. The molecule has 3 aromatic rings. The van der Waals surface area contributed by atoms with Crippen LogP contribution in [0, 0.1) is 11.6 Å². The SMILES string of the molecule is CS(=O)(=O)[C@H]1C[C@@H](O)[C@H](Nc2ncnc3[nH]nc(C(=O)N4C[C@@H](F)C[C@@H]4c4cc(F)ccc4F)c23)C1. The first-order chi connectivity index (χ1) is 17.0. The number of benzene rings is 1. The van der Waals surface area contributed by atoms with E-state index in [1.807, 2.05) is 0 Å². The Labute approximate surface area is 203 Å². The Balaban J connectivity index is 1.48. The number of halogens is 3. The van der Waals surface area contributed by atoms with E-state index in [-0.39, 0.29) is 53.9 Å². The minimum Gasteiger partial charge on any atom is -0.391 e. The molecule has 1 saturated carbocycles. The topological polar surface area (TPSA) is 141 Å². The van der Waals surface area contributed by atoms with Crippen molar-refractivity contribution in [2.45, 2.75) is 48.9 Å². The van der Waals surface area contributed by atoms with Crippen LogP contribution in [0.2, 0.25) is 0 Å². The summed E-state index contributed by atoms with van der Waals surface area (Å²) in [5, 5.41) is 19.5. The van der Waals surface area contributed by atoms with Gasteiger partial charge < -0.3 is 15.3 Å². The molecule has 1 aromatic carbocycles. The van der Waals surface area contributed by atoms with Crippen LogP contribution in [-0.2, 0) is 9.84 Å². The molecule has 2 aliphatic rings.